The fraction of sp³-hybridized carbons (Fsp3) is 0.478. The molecule has 1 aliphatic rings. The molecule has 0 atom stereocenters. The van der Waals surface area contributed by atoms with Crippen molar-refractivity contribution in [2.24, 2.45) is 0 Å². The number of carbonyl (C=O) groups excluding carboxylic acids is 2. The van der Waals surface area contributed by atoms with Crippen LogP contribution in [-0.4, -0.2) is 53.3 Å². The Balaban J connectivity index is 1.41. The van der Waals surface area contributed by atoms with Crippen LogP contribution in [0, 0.1) is 0 Å². The van der Waals surface area contributed by atoms with Gasteiger partial charge in [-0.15, -0.1) is 0 Å². The minimum Gasteiger partial charge on any atom is -0.472 e. The highest BCUT2D eigenvalue weighted by Crippen LogP contribution is 2.14. The zero-order valence-electron chi connectivity index (χ0n) is 17.3. The Hall–Kier alpha value is -2.60. The second-order valence-corrected chi connectivity index (χ2v) is 7.96. The van der Waals surface area contributed by atoms with E-state index in [9.17, 15) is 9.59 Å². The lowest BCUT2D eigenvalue weighted by Gasteiger charge is -2.32. The molecule has 0 bridgehead atoms. The molecule has 2 aromatic rings. The second-order valence-electron chi connectivity index (χ2n) is 7.96. The average Bonchev–Trinajstić information content (AvgIpc) is 3.25. The first kappa shape index (κ1) is 21.1. The fourth-order valence-electron chi connectivity index (χ4n) is 3.75. The summed E-state index contributed by atoms with van der Waals surface area (Å²) in [5.74, 6) is -0.0899. The molecular formula is C23H31N3O3. The summed E-state index contributed by atoms with van der Waals surface area (Å²) >= 11 is 0. The minimum atomic E-state index is -0.101. The summed E-state index contributed by atoms with van der Waals surface area (Å²) in [6.07, 6.45) is 5.16. The summed E-state index contributed by atoms with van der Waals surface area (Å²) in [4.78, 5) is 29.2. The SMILES string of the molecule is CC(C)N(CCC(=O)NC1CCN(Cc2ccccc2)CC1)C(=O)c1ccoc1. The summed E-state index contributed by atoms with van der Waals surface area (Å²) in [7, 11) is 0. The molecule has 1 aromatic heterocycles. The predicted octanol–water partition coefficient (Wildman–Crippen LogP) is 3.30. The highest BCUT2D eigenvalue weighted by Gasteiger charge is 2.23. The second kappa shape index (κ2) is 10.3. The van der Waals surface area contributed by atoms with Gasteiger partial charge in [0.05, 0.1) is 11.8 Å². The van der Waals surface area contributed by atoms with Gasteiger partial charge in [0.15, 0.2) is 0 Å². The zero-order valence-corrected chi connectivity index (χ0v) is 17.3. The fourth-order valence-corrected chi connectivity index (χ4v) is 3.75. The maximum Gasteiger partial charge on any atom is 0.257 e. The topological polar surface area (TPSA) is 65.8 Å². The van der Waals surface area contributed by atoms with Gasteiger partial charge >= 0.3 is 0 Å². The lowest BCUT2D eigenvalue weighted by molar-refractivity contribution is -0.122. The quantitative estimate of drug-likeness (QED) is 0.742. The van der Waals surface area contributed by atoms with Gasteiger partial charge in [-0.3, -0.25) is 14.5 Å². The van der Waals surface area contributed by atoms with Gasteiger partial charge in [0.1, 0.15) is 6.26 Å². The van der Waals surface area contributed by atoms with Crippen molar-refractivity contribution in [2.45, 2.75) is 51.7 Å². The molecule has 1 aliphatic heterocycles. The Labute approximate surface area is 172 Å². The van der Waals surface area contributed by atoms with Crippen molar-refractivity contribution in [3.05, 3.63) is 60.1 Å². The van der Waals surface area contributed by atoms with Gasteiger partial charge in [0.2, 0.25) is 5.91 Å². The van der Waals surface area contributed by atoms with E-state index in [2.05, 4.69) is 34.5 Å². The Morgan fingerprint density at radius 1 is 1.17 bits per heavy atom. The maximum absolute atomic E-state index is 12.6. The molecule has 0 saturated carbocycles. The van der Waals surface area contributed by atoms with Crippen LogP contribution in [0.5, 0.6) is 0 Å². The van der Waals surface area contributed by atoms with Crippen LogP contribution < -0.4 is 5.32 Å². The summed E-state index contributed by atoms with van der Waals surface area (Å²) in [5, 5.41) is 3.15. The molecule has 1 N–H and O–H groups in total. The monoisotopic (exact) mass is 397 g/mol. The van der Waals surface area contributed by atoms with E-state index in [0.29, 0.717) is 18.5 Å². The zero-order chi connectivity index (χ0) is 20.6. The Morgan fingerprint density at radius 3 is 2.52 bits per heavy atom. The summed E-state index contributed by atoms with van der Waals surface area (Å²) < 4.78 is 5.01. The molecule has 1 fully saturated rings. The van der Waals surface area contributed by atoms with Crippen molar-refractivity contribution in [3.63, 3.8) is 0 Å². The first-order chi connectivity index (χ1) is 14.0. The number of hydrogen-bond donors (Lipinski definition) is 1. The van der Waals surface area contributed by atoms with Crippen LogP contribution in [0.1, 0.15) is 49.0 Å². The summed E-state index contributed by atoms with van der Waals surface area (Å²) in [5.41, 5.74) is 1.84. The number of amides is 2. The Morgan fingerprint density at radius 2 is 1.90 bits per heavy atom. The number of hydrogen-bond acceptors (Lipinski definition) is 4. The maximum atomic E-state index is 12.6. The minimum absolute atomic E-state index is 0.0113. The number of rotatable bonds is 8. The van der Waals surface area contributed by atoms with E-state index < -0.39 is 0 Å². The molecular weight excluding hydrogens is 366 g/mol. The molecule has 1 aromatic carbocycles. The van der Waals surface area contributed by atoms with Crippen LogP contribution in [0.3, 0.4) is 0 Å². The molecule has 0 aliphatic carbocycles. The van der Waals surface area contributed by atoms with E-state index in [1.54, 1.807) is 11.0 Å². The number of benzene rings is 1. The lowest BCUT2D eigenvalue weighted by atomic mass is 10.0. The van der Waals surface area contributed by atoms with Crippen LogP contribution in [0.4, 0.5) is 0 Å². The first-order valence-corrected chi connectivity index (χ1v) is 10.4. The molecule has 1 saturated heterocycles. The number of carbonyl (C=O) groups is 2. The Kier molecular flexibility index (Phi) is 7.47. The van der Waals surface area contributed by atoms with Crippen LogP contribution in [-0.2, 0) is 11.3 Å². The predicted molar refractivity (Wildman–Crippen MR) is 112 cm³/mol. The van der Waals surface area contributed by atoms with Crippen molar-refractivity contribution in [3.8, 4) is 0 Å². The molecule has 2 heterocycles. The molecule has 156 valence electrons. The van der Waals surface area contributed by atoms with E-state index in [4.69, 9.17) is 4.42 Å². The highest BCUT2D eigenvalue weighted by molar-refractivity contribution is 5.94. The van der Waals surface area contributed by atoms with Crippen molar-refractivity contribution in [2.75, 3.05) is 19.6 Å². The van der Waals surface area contributed by atoms with Crippen LogP contribution in [0.2, 0.25) is 0 Å². The molecule has 29 heavy (non-hydrogen) atoms. The first-order valence-electron chi connectivity index (χ1n) is 10.4. The third-order valence-corrected chi connectivity index (χ3v) is 5.43. The van der Waals surface area contributed by atoms with Crippen LogP contribution in [0.15, 0.2) is 53.3 Å². The molecule has 0 radical (unpaired) electrons. The molecule has 3 rings (SSSR count). The van der Waals surface area contributed by atoms with E-state index in [0.717, 1.165) is 32.5 Å². The third kappa shape index (κ3) is 6.19. The number of furan rings is 1. The van der Waals surface area contributed by atoms with E-state index in [-0.39, 0.29) is 23.9 Å². The van der Waals surface area contributed by atoms with Crippen LogP contribution >= 0.6 is 0 Å². The molecule has 6 heteroatoms. The van der Waals surface area contributed by atoms with Gasteiger partial charge in [-0.05, 0) is 38.3 Å². The van der Waals surface area contributed by atoms with Gasteiger partial charge in [-0.1, -0.05) is 30.3 Å². The standard InChI is InChI=1S/C23H31N3O3/c1-18(2)26(23(28)20-11-15-29-17-20)14-10-22(27)24-21-8-12-25(13-9-21)16-19-6-4-3-5-7-19/h3-7,11,15,17-18,21H,8-10,12-14,16H2,1-2H3,(H,24,27). The number of piperidine rings is 1. The van der Waals surface area contributed by atoms with E-state index in [1.165, 1.54) is 18.1 Å². The molecule has 6 nitrogen and oxygen atoms in total. The van der Waals surface area contributed by atoms with Gasteiger partial charge in [0.25, 0.3) is 5.91 Å². The van der Waals surface area contributed by atoms with Crippen LogP contribution in [0.25, 0.3) is 0 Å². The highest BCUT2D eigenvalue weighted by atomic mass is 16.3. The van der Waals surface area contributed by atoms with Crippen molar-refractivity contribution in [1.82, 2.24) is 15.1 Å². The number of nitrogens with zero attached hydrogens (tertiary/aromatic N) is 2. The van der Waals surface area contributed by atoms with Crippen molar-refractivity contribution in [1.29, 1.82) is 0 Å². The molecule has 0 unspecified atom stereocenters. The summed E-state index contributed by atoms with van der Waals surface area (Å²) in [6.45, 7) is 7.24. The van der Waals surface area contributed by atoms with Crippen molar-refractivity contribution >= 4 is 11.8 Å². The van der Waals surface area contributed by atoms with E-state index in [1.807, 2.05) is 19.9 Å². The normalized spacial score (nSPS) is 15.4. The van der Waals surface area contributed by atoms with Gasteiger partial charge in [-0.2, -0.15) is 0 Å². The van der Waals surface area contributed by atoms with E-state index >= 15 is 0 Å². The van der Waals surface area contributed by atoms with Gasteiger partial charge < -0.3 is 14.6 Å². The lowest BCUT2D eigenvalue weighted by Crippen LogP contribution is -2.45. The number of likely N-dealkylation sites (tertiary alicyclic amines) is 1. The summed E-state index contributed by atoms with van der Waals surface area (Å²) in [6, 6.07) is 12.4. The van der Waals surface area contributed by atoms with Gasteiger partial charge in [0, 0.05) is 44.7 Å². The van der Waals surface area contributed by atoms with Crippen molar-refractivity contribution < 1.29 is 14.0 Å². The molecule has 2 amide bonds. The number of nitrogens with one attached hydrogen (secondary N) is 1. The largest absolute Gasteiger partial charge is 0.472 e. The average molecular weight is 398 g/mol. The smallest absolute Gasteiger partial charge is 0.257 e. The third-order valence-electron chi connectivity index (χ3n) is 5.43. The molecule has 0 spiro atoms. The van der Waals surface area contributed by atoms with Gasteiger partial charge in [-0.25, -0.2) is 0 Å². The Bertz CT molecular complexity index is 766.